The Bertz CT molecular complexity index is 545. The molecule has 4 heteroatoms. The molecule has 0 aromatic heterocycles. The van der Waals surface area contributed by atoms with Crippen molar-refractivity contribution in [2.24, 2.45) is 0 Å². The van der Waals surface area contributed by atoms with Gasteiger partial charge in [0.25, 0.3) is 0 Å². The molecule has 2 N–H and O–H groups in total. The monoisotopic (exact) mass is 291 g/mol. The molecular formula is C17H22FNO2. The summed E-state index contributed by atoms with van der Waals surface area (Å²) >= 11 is 0. The fourth-order valence-electron chi connectivity index (χ4n) is 2.67. The highest BCUT2D eigenvalue weighted by Gasteiger charge is 2.28. The van der Waals surface area contributed by atoms with Gasteiger partial charge in [-0.25, -0.2) is 4.39 Å². The van der Waals surface area contributed by atoms with Crippen LogP contribution in [0.5, 0.6) is 0 Å². The number of hydrogen-bond acceptors (Lipinski definition) is 3. The van der Waals surface area contributed by atoms with Crippen LogP contribution in [0.2, 0.25) is 0 Å². The summed E-state index contributed by atoms with van der Waals surface area (Å²) in [6.07, 6.45) is 2.12. The number of piperidine rings is 1. The van der Waals surface area contributed by atoms with Crippen molar-refractivity contribution in [3.05, 3.63) is 35.1 Å². The maximum absolute atomic E-state index is 14.1. The zero-order valence-electron chi connectivity index (χ0n) is 12.4. The summed E-state index contributed by atoms with van der Waals surface area (Å²) in [5.41, 5.74) is 0.570. The van der Waals surface area contributed by atoms with Gasteiger partial charge in [-0.1, -0.05) is 17.9 Å². The average Bonchev–Trinajstić information content (AvgIpc) is 2.41. The van der Waals surface area contributed by atoms with E-state index in [1.807, 2.05) is 6.92 Å². The number of benzene rings is 1. The third-order valence-corrected chi connectivity index (χ3v) is 3.67. The van der Waals surface area contributed by atoms with E-state index >= 15 is 0 Å². The number of aliphatic hydroxyl groups excluding tert-OH is 1. The zero-order chi connectivity index (χ0) is 15.3. The first-order valence-corrected chi connectivity index (χ1v) is 7.33. The highest BCUT2D eigenvalue weighted by Crippen LogP contribution is 2.22. The van der Waals surface area contributed by atoms with Crippen molar-refractivity contribution in [1.82, 2.24) is 4.90 Å². The first-order chi connectivity index (χ1) is 10.00. The van der Waals surface area contributed by atoms with Crippen LogP contribution in [0.25, 0.3) is 0 Å². The Labute approximate surface area is 125 Å². The van der Waals surface area contributed by atoms with Gasteiger partial charge in [0.1, 0.15) is 5.82 Å². The van der Waals surface area contributed by atoms with Gasteiger partial charge >= 0.3 is 0 Å². The summed E-state index contributed by atoms with van der Waals surface area (Å²) < 4.78 is 14.1. The van der Waals surface area contributed by atoms with Gasteiger partial charge < -0.3 is 10.2 Å². The predicted molar refractivity (Wildman–Crippen MR) is 80.1 cm³/mol. The highest BCUT2D eigenvalue weighted by molar-refractivity contribution is 5.37. The molecule has 1 heterocycles. The van der Waals surface area contributed by atoms with Crippen molar-refractivity contribution < 1.29 is 14.6 Å². The van der Waals surface area contributed by atoms with Crippen molar-refractivity contribution in [3.8, 4) is 11.8 Å². The van der Waals surface area contributed by atoms with Gasteiger partial charge in [-0.3, -0.25) is 4.90 Å². The van der Waals surface area contributed by atoms with E-state index in [9.17, 15) is 9.50 Å². The topological polar surface area (TPSA) is 43.7 Å². The van der Waals surface area contributed by atoms with Gasteiger partial charge in [0.15, 0.2) is 0 Å². The minimum absolute atomic E-state index is 0.0163. The fraction of sp³-hybridized carbons (Fsp3) is 0.529. The SMILES string of the molecule is CC1(O)CCCN(Cc2ccc(C#CCCO)cc2F)C1. The number of aliphatic hydroxyl groups is 2. The van der Waals surface area contributed by atoms with E-state index in [0.29, 0.717) is 30.6 Å². The summed E-state index contributed by atoms with van der Waals surface area (Å²) in [6.45, 7) is 3.81. The van der Waals surface area contributed by atoms with Crippen LogP contribution >= 0.6 is 0 Å². The fourth-order valence-corrected chi connectivity index (χ4v) is 2.67. The van der Waals surface area contributed by atoms with Crippen molar-refractivity contribution in [2.45, 2.75) is 38.3 Å². The molecule has 0 saturated carbocycles. The van der Waals surface area contributed by atoms with Gasteiger partial charge in [0.05, 0.1) is 12.2 Å². The number of nitrogens with zero attached hydrogens (tertiary/aromatic N) is 1. The molecule has 2 rings (SSSR count). The van der Waals surface area contributed by atoms with Crippen molar-refractivity contribution in [3.63, 3.8) is 0 Å². The molecule has 114 valence electrons. The maximum atomic E-state index is 14.1. The standard InChI is InChI=1S/C17H22FNO2/c1-17(21)8-4-9-19(13-17)12-15-7-6-14(11-16(15)18)5-2-3-10-20/h6-7,11,20-21H,3-4,8-10,12-13H2,1H3. The Morgan fingerprint density at radius 2 is 2.24 bits per heavy atom. The molecule has 0 radical (unpaired) electrons. The van der Waals surface area contributed by atoms with Gasteiger partial charge in [-0.15, -0.1) is 0 Å². The van der Waals surface area contributed by atoms with Crippen LogP contribution in [0.4, 0.5) is 4.39 Å². The summed E-state index contributed by atoms with van der Waals surface area (Å²) in [7, 11) is 0. The van der Waals surface area contributed by atoms with E-state index in [2.05, 4.69) is 16.7 Å². The van der Waals surface area contributed by atoms with Crippen LogP contribution in [0.3, 0.4) is 0 Å². The molecule has 0 spiro atoms. The van der Waals surface area contributed by atoms with Crippen LogP contribution in [0.15, 0.2) is 18.2 Å². The Kier molecular flexibility index (Phi) is 5.35. The number of hydrogen-bond donors (Lipinski definition) is 2. The Balaban J connectivity index is 2.03. The van der Waals surface area contributed by atoms with Crippen LogP contribution in [0.1, 0.15) is 37.3 Å². The van der Waals surface area contributed by atoms with E-state index in [4.69, 9.17) is 5.11 Å². The van der Waals surface area contributed by atoms with E-state index in [0.717, 1.165) is 19.4 Å². The molecule has 1 aromatic rings. The number of β-amino-alcohol motifs (C(OH)–C–C–N with tert-alkyl or cyclic N) is 1. The smallest absolute Gasteiger partial charge is 0.128 e. The second-order valence-electron chi connectivity index (χ2n) is 5.89. The van der Waals surface area contributed by atoms with Crippen LogP contribution < -0.4 is 0 Å². The second-order valence-corrected chi connectivity index (χ2v) is 5.89. The van der Waals surface area contributed by atoms with Gasteiger partial charge in [-0.05, 0) is 38.4 Å². The highest BCUT2D eigenvalue weighted by atomic mass is 19.1. The average molecular weight is 291 g/mol. The number of rotatable bonds is 3. The Morgan fingerprint density at radius 1 is 1.43 bits per heavy atom. The van der Waals surface area contributed by atoms with Crippen molar-refractivity contribution >= 4 is 0 Å². The van der Waals surface area contributed by atoms with Crippen LogP contribution in [0, 0.1) is 17.7 Å². The summed E-state index contributed by atoms with van der Waals surface area (Å²) in [4.78, 5) is 2.08. The minimum atomic E-state index is -0.676. The minimum Gasteiger partial charge on any atom is -0.395 e. The number of likely N-dealkylation sites (tertiary alicyclic amines) is 1. The van der Waals surface area contributed by atoms with Gasteiger partial charge in [-0.2, -0.15) is 0 Å². The van der Waals surface area contributed by atoms with Crippen LogP contribution in [-0.4, -0.2) is 40.4 Å². The lowest BCUT2D eigenvalue weighted by Gasteiger charge is -2.36. The molecule has 1 saturated heterocycles. The normalized spacial score (nSPS) is 22.7. The van der Waals surface area contributed by atoms with Crippen molar-refractivity contribution in [1.29, 1.82) is 0 Å². The molecule has 1 atom stereocenters. The van der Waals surface area contributed by atoms with E-state index in [1.165, 1.54) is 6.07 Å². The third kappa shape index (κ3) is 4.82. The molecule has 1 aliphatic rings. The lowest BCUT2D eigenvalue weighted by Crippen LogP contribution is -2.45. The maximum Gasteiger partial charge on any atom is 0.128 e. The largest absolute Gasteiger partial charge is 0.395 e. The summed E-state index contributed by atoms with van der Waals surface area (Å²) in [5.74, 6) is 5.34. The molecule has 0 bridgehead atoms. The Morgan fingerprint density at radius 3 is 2.90 bits per heavy atom. The van der Waals surface area contributed by atoms with Crippen molar-refractivity contribution in [2.75, 3.05) is 19.7 Å². The predicted octanol–water partition coefficient (Wildman–Crippen LogP) is 1.91. The molecule has 3 nitrogen and oxygen atoms in total. The second kappa shape index (κ2) is 7.04. The van der Waals surface area contributed by atoms with Gasteiger partial charge in [0, 0.05) is 30.6 Å². The molecule has 1 fully saturated rings. The Hall–Kier alpha value is -1.41. The molecule has 21 heavy (non-hydrogen) atoms. The zero-order valence-corrected chi connectivity index (χ0v) is 12.4. The first-order valence-electron chi connectivity index (χ1n) is 7.33. The first kappa shape index (κ1) is 16.0. The quantitative estimate of drug-likeness (QED) is 0.836. The number of halogens is 1. The summed E-state index contributed by atoms with van der Waals surface area (Å²) in [6, 6.07) is 4.98. The third-order valence-electron chi connectivity index (χ3n) is 3.67. The lowest BCUT2D eigenvalue weighted by atomic mass is 9.95. The van der Waals surface area contributed by atoms with E-state index in [-0.39, 0.29) is 12.4 Å². The summed E-state index contributed by atoms with van der Waals surface area (Å²) in [5, 5.41) is 18.7. The van der Waals surface area contributed by atoms with Gasteiger partial charge in [0.2, 0.25) is 0 Å². The molecule has 1 unspecified atom stereocenters. The van der Waals surface area contributed by atoms with E-state index < -0.39 is 5.60 Å². The lowest BCUT2D eigenvalue weighted by molar-refractivity contribution is -0.0184. The molecule has 1 aromatic carbocycles. The molecule has 0 aliphatic carbocycles. The van der Waals surface area contributed by atoms with Crippen LogP contribution in [-0.2, 0) is 6.54 Å². The van der Waals surface area contributed by atoms with E-state index in [1.54, 1.807) is 12.1 Å². The molecule has 0 amide bonds. The molecule has 1 aliphatic heterocycles. The molecular weight excluding hydrogens is 269 g/mol.